The SMILES string of the molecule is N#CCCNC(=O)COC(=O)CSc1nnc(NC2CCCCC2)s1. The monoisotopic (exact) mass is 383 g/mol. The molecule has 8 nitrogen and oxygen atoms in total. The average molecular weight is 383 g/mol. The first-order valence-electron chi connectivity index (χ1n) is 8.19. The molecule has 2 N–H and O–H groups in total. The first kappa shape index (κ1) is 19.5. The number of carbonyl (C=O) groups is 2. The zero-order valence-electron chi connectivity index (χ0n) is 13.8. The normalized spacial score (nSPS) is 14.5. The molecule has 25 heavy (non-hydrogen) atoms. The number of thioether (sulfide) groups is 1. The lowest BCUT2D eigenvalue weighted by atomic mass is 9.96. The minimum Gasteiger partial charge on any atom is -0.455 e. The van der Waals surface area contributed by atoms with Gasteiger partial charge in [0.2, 0.25) is 5.13 Å². The summed E-state index contributed by atoms with van der Waals surface area (Å²) in [5.41, 5.74) is 0. The van der Waals surface area contributed by atoms with E-state index in [2.05, 4.69) is 20.8 Å². The molecule has 1 aliphatic rings. The highest BCUT2D eigenvalue weighted by Gasteiger charge is 2.16. The molecule has 1 saturated carbocycles. The Morgan fingerprint density at radius 3 is 2.88 bits per heavy atom. The largest absolute Gasteiger partial charge is 0.455 e. The molecule has 1 aliphatic carbocycles. The molecule has 0 unspecified atom stereocenters. The van der Waals surface area contributed by atoms with Crippen molar-refractivity contribution in [2.45, 2.75) is 48.9 Å². The molecule has 0 aromatic carbocycles. The molecule has 10 heteroatoms. The Hall–Kier alpha value is -1.86. The van der Waals surface area contributed by atoms with E-state index in [0.717, 1.165) is 18.0 Å². The molecular formula is C15H21N5O3S2. The van der Waals surface area contributed by atoms with E-state index in [0.29, 0.717) is 10.4 Å². The molecule has 1 heterocycles. The van der Waals surface area contributed by atoms with Gasteiger partial charge in [-0.05, 0) is 12.8 Å². The van der Waals surface area contributed by atoms with Crippen molar-refractivity contribution < 1.29 is 14.3 Å². The van der Waals surface area contributed by atoms with Crippen LogP contribution in [0.15, 0.2) is 4.34 Å². The Balaban J connectivity index is 1.63. The first-order valence-corrected chi connectivity index (χ1v) is 9.99. The summed E-state index contributed by atoms with van der Waals surface area (Å²) in [7, 11) is 0. The molecule has 0 saturated heterocycles. The quantitative estimate of drug-likeness (QED) is 0.377. The van der Waals surface area contributed by atoms with Gasteiger partial charge in [-0.2, -0.15) is 5.26 Å². The van der Waals surface area contributed by atoms with E-state index in [1.165, 1.54) is 42.4 Å². The van der Waals surface area contributed by atoms with Crippen molar-refractivity contribution in [2.24, 2.45) is 0 Å². The van der Waals surface area contributed by atoms with Crippen LogP contribution in [0.5, 0.6) is 0 Å². The van der Waals surface area contributed by atoms with Crippen molar-refractivity contribution in [1.29, 1.82) is 5.26 Å². The molecule has 136 valence electrons. The number of nitriles is 1. The van der Waals surface area contributed by atoms with Crippen LogP contribution in [0, 0.1) is 11.3 Å². The third-order valence-corrected chi connectivity index (χ3v) is 5.54. The number of aromatic nitrogens is 2. The van der Waals surface area contributed by atoms with Crippen LogP contribution in [0.25, 0.3) is 0 Å². The van der Waals surface area contributed by atoms with Gasteiger partial charge in [-0.3, -0.25) is 9.59 Å². The maximum absolute atomic E-state index is 11.6. The molecule has 0 bridgehead atoms. The summed E-state index contributed by atoms with van der Waals surface area (Å²) in [5.74, 6) is -0.829. The highest BCUT2D eigenvalue weighted by atomic mass is 32.2. The zero-order valence-corrected chi connectivity index (χ0v) is 15.5. The highest BCUT2D eigenvalue weighted by molar-refractivity contribution is 8.01. The lowest BCUT2D eigenvalue weighted by Crippen LogP contribution is -2.29. The van der Waals surface area contributed by atoms with Gasteiger partial charge in [0.15, 0.2) is 10.9 Å². The van der Waals surface area contributed by atoms with Crippen LogP contribution in [-0.4, -0.2) is 47.0 Å². The summed E-state index contributed by atoms with van der Waals surface area (Å²) in [4.78, 5) is 23.0. The number of anilines is 1. The lowest BCUT2D eigenvalue weighted by molar-refractivity contribution is -0.145. The maximum Gasteiger partial charge on any atom is 0.316 e. The Labute approximate surface area is 154 Å². The number of nitrogens with one attached hydrogen (secondary N) is 2. The van der Waals surface area contributed by atoms with Gasteiger partial charge in [0, 0.05) is 12.6 Å². The zero-order chi connectivity index (χ0) is 17.9. The van der Waals surface area contributed by atoms with E-state index in [4.69, 9.17) is 10.00 Å². The number of amides is 1. The van der Waals surface area contributed by atoms with Crippen LogP contribution in [-0.2, 0) is 14.3 Å². The standard InChI is InChI=1S/C15H21N5O3S2/c16-7-4-8-17-12(21)9-23-13(22)10-24-15-20-19-14(25-15)18-11-5-2-1-3-6-11/h11H,1-6,8-10H2,(H,17,21)(H,18,19). The van der Waals surface area contributed by atoms with Crippen molar-refractivity contribution in [3.05, 3.63) is 0 Å². The number of ether oxygens (including phenoxy) is 1. The van der Waals surface area contributed by atoms with Gasteiger partial charge in [0.1, 0.15) is 0 Å². The van der Waals surface area contributed by atoms with Gasteiger partial charge in [-0.15, -0.1) is 10.2 Å². The summed E-state index contributed by atoms with van der Waals surface area (Å²) in [6.45, 7) is -0.0847. The van der Waals surface area contributed by atoms with Gasteiger partial charge in [-0.1, -0.05) is 42.4 Å². The lowest BCUT2D eigenvalue weighted by Gasteiger charge is -2.21. The van der Waals surface area contributed by atoms with Crippen molar-refractivity contribution in [2.75, 3.05) is 24.2 Å². The smallest absolute Gasteiger partial charge is 0.316 e. The number of nitrogens with zero attached hydrogens (tertiary/aromatic N) is 3. The van der Waals surface area contributed by atoms with Crippen LogP contribution >= 0.6 is 23.1 Å². The predicted octanol–water partition coefficient (Wildman–Crippen LogP) is 1.95. The molecular weight excluding hydrogens is 362 g/mol. The second-order valence-electron chi connectivity index (χ2n) is 5.56. The maximum atomic E-state index is 11.6. The number of hydrogen-bond donors (Lipinski definition) is 2. The van der Waals surface area contributed by atoms with Crippen molar-refractivity contribution in [3.63, 3.8) is 0 Å². The molecule has 1 amide bonds. The molecule has 0 atom stereocenters. The number of rotatable bonds is 9. The summed E-state index contributed by atoms with van der Waals surface area (Å²) in [6.07, 6.45) is 6.33. The van der Waals surface area contributed by atoms with Gasteiger partial charge >= 0.3 is 5.97 Å². The molecule has 1 fully saturated rings. The van der Waals surface area contributed by atoms with E-state index in [1.807, 2.05) is 6.07 Å². The van der Waals surface area contributed by atoms with Crippen LogP contribution < -0.4 is 10.6 Å². The topological polar surface area (TPSA) is 117 Å². The van der Waals surface area contributed by atoms with E-state index in [1.54, 1.807) is 0 Å². The molecule has 2 rings (SSSR count). The highest BCUT2D eigenvalue weighted by Crippen LogP contribution is 2.28. The number of hydrogen-bond acceptors (Lipinski definition) is 9. The predicted molar refractivity (Wildman–Crippen MR) is 95.3 cm³/mol. The van der Waals surface area contributed by atoms with E-state index < -0.39 is 11.9 Å². The second kappa shape index (κ2) is 10.9. The van der Waals surface area contributed by atoms with E-state index >= 15 is 0 Å². The Bertz CT molecular complexity index is 611. The Kier molecular flexibility index (Phi) is 8.48. The minimum absolute atomic E-state index is 0.0730. The third kappa shape index (κ3) is 7.70. The molecule has 0 spiro atoms. The van der Waals surface area contributed by atoms with Gasteiger partial charge in [0.05, 0.1) is 18.2 Å². The minimum atomic E-state index is -0.488. The van der Waals surface area contributed by atoms with E-state index in [-0.39, 0.29) is 25.3 Å². The molecule has 1 aromatic heterocycles. The van der Waals surface area contributed by atoms with Crippen LogP contribution in [0.4, 0.5) is 5.13 Å². The average Bonchev–Trinajstić information content (AvgIpc) is 3.06. The summed E-state index contributed by atoms with van der Waals surface area (Å²) in [5, 5.41) is 23.2. The fourth-order valence-electron chi connectivity index (χ4n) is 2.37. The van der Waals surface area contributed by atoms with Crippen LogP contribution in [0.1, 0.15) is 38.5 Å². The third-order valence-electron chi connectivity index (χ3n) is 3.58. The Morgan fingerprint density at radius 1 is 1.32 bits per heavy atom. The first-order chi connectivity index (χ1) is 12.2. The number of carbonyl (C=O) groups excluding carboxylic acids is 2. The van der Waals surface area contributed by atoms with Crippen molar-refractivity contribution in [1.82, 2.24) is 15.5 Å². The van der Waals surface area contributed by atoms with Gasteiger partial charge in [-0.25, -0.2) is 0 Å². The summed E-state index contributed by atoms with van der Waals surface area (Å²) >= 11 is 2.66. The van der Waals surface area contributed by atoms with Crippen molar-refractivity contribution >= 4 is 40.1 Å². The Morgan fingerprint density at radius 2 is 2.12 bits per heavy atom. The van der Waals surface area contributed by atoms with Crippen LogP contribution in [0.3, 0.4) is 0 Å². The second-order valence-corrected chi connectivity index (χ2v) is 7.76. The molecule has 1 aromatic rings. The summed E-state index contributed by atoms with van der Waals surface area (Å²) < 4.78 is 5.56. The number of esters is 1. The summed E-state index contributed by atoms with van der Waals surface area (Å²) in [6, 6.07) is 2.37. The fourth-order valence-corrected chi connectivity index (χ4v) is 3.99. The fraction of sp³-hybridized carbons (Fsp3) is 0.667. The molecule has 0 aliphatic heterocycles. The van der Waals surface area contributed by atoms with Gasteiger partial charge < -0.3 is 15.4 Å². The van der Waals surface area contributed by atoms with Crippen molar-refractivity contribution in [3.8, 4) is 6.07 Å². The van der Waals surface area contributed by atoms with Crippen LogP contribution in [0.2, 0.25) is 0 Å². The molecule has 0 radical (unpaired) electrons. The van der Waals surface area contributed by atoms with E-state index in [9.17, 15) is 9.59 Å². The van der Waals surface area contributed by atoms with Gasteiger partial charge in [0.25, 0.3) is 5.91 Å².